The van der Waals surface area contributed by atoms with Gasteiger partial charge in [-0.2, -0.15) is 0 Å². The number of hydrogen-bond donors (Lipinski definition) is 1. The fraction of sp³-hybridized carbons (Fsp3) is 0.0526. The second kappa shape index (κ2) is 8.05. The number of nitrogens with zero attached hydrogens (tertiary/aromatic N) is 1. The third kappa shape index (κ3) is 4.43. The minimum atomic E-state index is -0.617. The lowest BCUT2D eigenvalue weighted by Crippen LogP contribution is -2.24. The van der Waals surface area contributed by atoms with Gasteiger partial charge in [0, 0.05) is 28.8 Å². The maximum atomic E-state index is 13.8. The summed E-state index contributed by atoms with van der Waals surface area (Å²) in [5.41, 5.74) is 0.497. The van der Waals surface area contributed by atoms with Gasteiger partial charge >= 0.3 is 0 Å². The second-order valence-electron chi connectivity index (χ2n) is 5.33. The first-order valence-electron chi connectivity index (χ1n) is 7.63. The van der Waals surface area contributed by atoms with Gasteiger partial charge in [-0.1, -0.05) is 28.1 Å². The van der Waals surface area contributed by atoms with Crippen LogP contribution < -0.4 is 10.1 Å². The normalized spacial score (nSPS) is 10.4. The molecule has 4 nitrogen and oxygen atoms in total. The molecule has 0 bridgehead atoms. The molecule has 0 saturated heterocycles. The van der Waals surface area contributed by atoms with Crippen molar-refractivity contribution in [3.63, 3.8) is 0 Å². The predicted octanol–water partition coefficient (Wildman–Crippen LogP) is 4.84. The fourth-order valence-corrected chi connectivity index (χ4v) is 2.60. The van der Waals surface area contributed by atoms with Gasteiger partial charge in [0.05, 0.1) is 5.56 Å². The van der Waals surface area contributed by atoms with Crippen molar-refractivity contribution in [1.82, 2.24) is 10.3 Å². The topological polar surface area (TPSA) is 51.2 Å². The molecule has 0 atom stereocenters. The van der Waals surface area contributed by atoms with Crippen molar-refractivity contribution in [1.29, 1.82) is 0 Å². The lowest BCUT2D eigenvalue weighted by Gasteiger charge is -2.11. The van der Waals surface area contributed by atoms with E-state index in [4.69, 9.17) is 4.74 Å². The van der Waals surface area contributed by atoms with Crippen LogP contribution in [0, 0.1) is 11.6 Å². The molecule has 0 radical (unpaired) electrons. The first-order valence-corrected chi connectivity index (χ1v) is 8.43. The highest BCUT2D eigenvalue weighted by molar-refractivity contribution is 9.10. The van der Waals surface area contributed by atoms with Gasteiger partial charge in [0.1, 0.15) is 17.4 Å². The molecular weight excluding hydrogens is 406 g/mol. The molecule has 0 unspecified atom stereocenters. The first kappa shape index (κ1) is 18.0. The second-order valence-corrected chi connectivity index (χ2v) is 6.25. The monoisotopic (exact) mass is 418 g/mol. The zero-order valence-electron chi connectivity index (χ0n) is 13.4. The van der Waals surface area contributed by atoms with Crippen molar-refractivity contribution in [2.45, 2.75) is 6.54 Å². The maximum Gasteiger partial charge on any atom is 0.254 e. The highest BCUT2D eigenvalue weighted by Crippen LogP contribution is 2.23. The van der Waals surface area contributed by atoms with E-state index < -0.39 is 17.5 Å². The lowest BCUT2D eigenvalue weighted by molar-refractivity contribution is 0.0946. The largest absolute Gasteiger partial charge is 0.439 e. The standard InChI is InChI=1S/C19H13BrF2N2O2/c20-13-6-7-17(22)16(9-13)18(25)24-11-12-3-2-8-23-19(12)26-15-5-1-4-14(21)10-15/h1-10H,11H2,(H,24,25). The third-order valence-corrected chi connectivity index (χ3v) is 3.97. The minimum absolute atomic E-state index is 0.0727. The Balaban J connectivity index is 1.74. The number of halogens is 3. The average Bonchev–Trinajstić information content (AvgIpc) is 2.63. The molecule has 3 rings (SSSR count). The molecule has 0 aliphatic heterocycles. The number of carbonyl (C=O) groups excluding carboxylic acids is 1. The summed E-state index contributed by atoms with van der Waals surface area (Å²) in [7, 11) is 0. The van der Waals surface area contributed by atoms with Gasteiger partial charge in [0.15, 0.2) is 0 Å². The third-order valence-electron chi connectivity index (χ3n) is 3.47. The van der Waals surface area contributed by atoms with Crippen molar-refractivity contribution in [2.24, 2.45) is 0 Å². The maximum absolute atomic E-state index is 13.8. The molecule has 0 saturated carbocycles. The molecule has 0 spiro atoms. The Morgan fingerprint density at radius 1 is 1.12 bits per heavy atom. The number of nitrogens with one attached hydrogen (secondary N) is 1. The number of aromatic nitrogens is 1. The quantitative estimate of drug-likeness (QED) is 0.644. The van der Waals surface area contributed by atoms with Gasteiger partial charge in [-0.05, 0) is 36.4 Å². The molecule has 26 heavy (non-hydrogen) atoms. The summed E-state index contributed by atoms with van der Waals surface area (Å²) in [5.74, 6) is -1.10. The SMILES string of the molecule is O=C(NCc1cccnc1Oc1cccc(F)c1)c1cc(Br)ccc1F. The van der Waals surface area contributed by atoms with Crippen LogP contribution in [0.1, 0.15) is 15.9 Å². The first-order chi connectivity index (χ1) is 12.5. The highest BCUT2D eigenvalue weighted by atomic mass is 79.9. The van der Waals surface area contributed by atoms with Crippen LogP contribution in [0.15, 0.2) is 65.3 Å². The van der Waals surface area contributed by atoms with E-state index in [0.717, 1.165) is 0 Å². The van der Waals surface area contributed by atoms with Crippen LogP contribution in [0.25, 0.3) is 0 Å². The predicted molar refractivity (Wildman–Crippen MR) is 96.0 cm³/mol. The summed E-state index contributed by atoms with van der Waals surface area (Å²) < 4.78 is 33.3. The Labute approximate surface area is 157 Å². The summed E-state index contributed by atoms with van der Waals surface area (Å²) in [6, 6.07) is 13.2. The summed E-state index contributed by atoms with van der Waals surface area (Å²) in [6.07, 6.45) is 1.52. The van der Waals surface area contributed by atoms with E-state index in [2.05, 4.69) is 26.2 Å². The number of hydrogen-bond acceptors (Lipinski definition) is 3. The van der Waals surface area contributed by atoms with E-state index >= 15 is 0 Å². The van der Waals surface area contributed by atoms with E-state index in [9.17, 15) is 13.6 Å². The molecule has 2 aromatic carbocycles. The van der Waals surface area contributed by atoms with Gasteiger partial charge in [0.25, 0.3) is 5.91 Å². The Hall–Kier alpha value is -2.80. The highest BCUT2D eigenvalue weighted by Gasteiger charge is 2.14. The van der Waals surface area contributed by atoms with Crippen molar-refractivity contribution in [3.8, 4) is 11.6 Å². The molecule has 1 aromatic heterocycles. The molecule has 1 heterocycles. The van der Waals surface area contributed by atoms with E-state index in [1.165, 1.54) is 42.6 Å². The van der Waals surface area contributed by atoms with Gasteiger partial charge in [-0.3, -0.25) is 4.79 Å². The van der Waals surface area contributed by atoms with Crippen LogP contribution >= 0.6 is 15.9 Å². The van der Waals surface area contributed by atoms with Crippen LogP contribution in [0.2, 0.25) is 0 Å². The molecule has 1 amide bonds. The fourth-order valence-electron chi connectivity index (χ4n) is 2.23. The van der Waals surface area contributed by atoms with Gasteiger partial charge in [-0.25, -0.2) is 13.8 Å². The Morgan fingerprint density at radius 3 is 2.77 bits per heavy atom. The van der Waals surface area contributed by atoms with Crippen molar-refractivity contribution >= 4 is 21.8 Å². The summed E-state index contributed by atoms with van der Waals surface area (Å²) in [4.78, 5) is 16.3. The number of benzene rings is 2. The summed E-state index contributed by atoms with van der Waals surface area (Å²) >= 11 is 3.21. The molecule has 0 aliphatic carbocycles. The summed E-state index contributed by atoms with van der Waals surface area (Å²) in [5, 5.41) is 2.63. The molecule has 1 N–H and O–H groups in total. The average molecular weight is 419 g/mol. The van der Waals surface area contributed by atoms with E-state index in [1.807, 2.05) is 0 Å². The van der Waals surface area contributed by atoms with Gasteiger partial charge in [0.2, 0.25) is 5.88 Å². The van der Waals surface area contributed by atoms with Crippen LogP contribution in [-0.4, -0.2) is 10.9 Å². The van der Waals surface area contributed by atoms with Crippen molar-refractivity contribution in [3.05, 3.63) is 88.0 Å². The van der Waals surface area contributed by atoms with Crippen LogP contribution in [0.4, 0.5) is 8.78 Å². The number of amides is 1. The van der Waals surface area contributed by atoms with E-state index in [0.29, 0.717) is 10.0 Å². The molecule has 7 heteroatoms. The molecule has 132 valence electrons. The zero-order chi connectivity index (χ0) is 18.5. The Morgan fingerprint density at radius 2 is 1.96 bits per heavy atom. The minimum Gasteiger partial charge on any atom is -0.439 e. The Kier molecular flexibility index (Phi) is 5.58. The van der Waals surface area contributed by atoms with E-state index in [-0.39, 0.29) is 23.7 Å². The van der Waals surface area contributed by atoms with Crippen molar-refractivity contribution in [2.75, 3.05) is 0 Å². The summed E-state index contributed by atoms with van der Waals surface area (Å²) in [6.45, 7) is 0.0727. The van der Waals surface area contributed by atoms with Crippen LogP contribution in [-0.2, 0) is 6.54 Å². The number of rotatable bonds is 5. The van der Waals surface area contributed by atoms with Crippen LogP contribution in [0.5, 0.6) is 11.6 Å². The van der Waals surface area contributed by atoms with Gasteiger partial charge < -0.3 is 10.1 Å². The van der Waals surface area contributed by atoms with Crippen molar-refractivity contribution < 1.29 is 18.3 Å². The molecule has 0 aliphatic rings. The smallest absolute Gasteiger partial charge is 0.254 e. The zero-order valence-corrected chi connectivity index (χ0v) is 15.0. The number of pyridine rings is 1. The lowest BCUT2D eigenvalue weighted by atomic mass is 10.2. The Bertz CT molecular complexity index is 950. The van der Waals surface area contributed by atoms with E-state index in [1.54, 1.807) is 18.2 Å². The van der Waals surface area contributed by atoms with Crippen LogP contribution in [0.3, 0.4) is 0 Å². The number of ether oxygens (including phenoxy) is 1. The molecule has 0 fully saturated rings. The molecule has 3 aromatic rings. The van der Waals surface area contributed by atoms with Gasteiger partial charge in [-0.15, -0.1) is 0 Å². The number of carbonyl (C=O) groups is 1. The molecular formula is C19H13BrF2N2O2.